The van der Waals surface area contributed by atoms with Crippen molar-refractivity contribution < 1.29 is 0 Å². The number of rotatable bonds is 4. The molecule has 1 nitrogen and oxygen atoms in total. The van der Waals surface area contributed by atoms with Gasteiger partial charge in [-0.3, -0.25) is 0 Å². The minimum atomic E-state index is 0.473. The van der Waals surface area contributed by atoms with Crippen molar-refractivity contribution >= 4 is 0 Å². The maximum absolute atomic E-state index is 5.80. The van der Waals surface area contributed by atoms with Crippen LogP contribution in [0.25, 0.3) is 0 Å². The Kier molecular flexibility index (Phi) is 2.10. The molecular weight excluding hydrogens is 182 g/mol. The summed E-state index contributed by atoms with van der Waals surface area (Å²) < 4.78 is 0. The Bertz CT molecular complexity index is 344. The molecular formula is C14H19N. The third kappa shape index (κ3) is 1.93. The summed E-state index contributed by atoms with van der Waals surface area (Å²) >= 11 is 0. The molecule has 0 aromatic heterocycles. The Morgan fingerprint density at radius 3 is 2.27 bits per heavy atom. The van der Waals surface area contributed by atoms with Crippen LogP contribution >= 0.6 is 0 Å². The molecule has 3 rings (SSSR count). The first-order valence-corrected chi connectivity index (χ1v) is 6.10. The molecule has 1 aromatic rings. The van der Waals surface area contributed by atoms with Crippen molar-refractivity contribution in [3.8, 4) is 0 Å². The van der Waals surface area contributed by atoms with Gasteiger partial charge in [-0.25, -0.2) is 0 Å². The molecule has 2 N–H and O–H groups in total. The van der Waals surface area contributed by atoms with Gasteiger partial charge in [0.2, 0.25) is 0 Å². The van der Waals surface area contributed by atoms with Crippen molar-refractivity contribution in [2.45, 2.75) is 38.0 Å². The zero-order valence-electron chi connectivity index (χ0n) is 9.21. The molecule has 0 saturated heterocycles. The summed E-state index contributed by atoms with van der Waals surface area (Å²) in [5.74, 6) is 0.878. The second-order valence-electron chi connectivity index (χ2n) is 5.40. The van der Waals surface area contributed by atoms with Gasteiger partial charge >= 0.3 is 0 Å². The fraction of sp³-hybridized carbons (Fsp3) is 0.571. The molecule has 2 saturated carbocycles. The van der Waals surface area contributed by atoms with E-state index in [1.54, 1.807) is 0 Å². The van der Waals surface area contributed by atoms with E-state index in [-0.39, 0.29) is 0 Å². The van der Waals surface area contributed by atoms with E-state index < -0.39 is 0 Å². The lowest BCUT2D eigenvalue weighted by atomic mass is 9.95. The summed E-state index contributed by atoms with van der Waals surface area (Å²) in [6.07, 6.45) is 6.63. The summed E-state index contributed by atoms with van der Waals surface area (Å²) in [5.41, 5.74) is 9.29. The van der Waals surface area contributed by atoms with E-state index in [1.165, 1.54) is 43.2 Å². The Morgan fingerprint density at radius 2 is 1.80 bits per heavy atom. The minimum Gasteiger partial charge on any atom is -0.330 e. The van der Waals surface area contributed by atoms with Gasteiger partial charge in [0, 0.05) is 0 Å². The molecule has 0 aliphatic heterocycles. The highest BCUT2D eigenvalue weighted by molar-refractivity contribution is 5.29. The molecule has 2 fully saturated rings. The highest BCUT2D eigenvalue weighted by Crippen LogP contribution is 2.47. The Balaban J connectivity index is 1.70. The molecule has 0 radical (unpaired) electrons. The van der Waals surface area contributed by atoms with Crippen molar-refractivity contribution in [1.82, 2.24) is 0 Å². The molecule has 0 bridgehead atoms. The van der Waals surface area contributed by atoms with Crippen LogP contribution < -0.4 is 5.73 Å². The maximum Gasteiger partial charge on any atom is -0.00173 e. The first-order chi connectivity index (χ1) is 7.31. The molecule has 1 aromatic carbocycles. The number of nitrogens with two attached hydrogens (primary N) is 1. The van der Waals surface area contributed by atoms with E-state index in [9.17, 15) is 0 Å². The summed E-state index contributed by atoms with van der Waals surface area (Å²) in [7, 11) is 0. The summed E-state index contributed by atoms with van der Waals surface area (Å²) in [6.45, 7) is 0.859. The van der Waals surface area contributed by atoms with Gasteiger partial charge < -0.3 is 5.73 Å². The highest BCUT2D eigenvalue weighted by Gasteiger charge is 2.40. The second kappa shape index (κ2) is 3.34. The zero-order valence-corrected chi connectivity index (χ0v) is 9.21. The highest BCUT2D eigenvalue weighted by atomic mass is 14.6. The van der Waals surface area contributed by atoms with E-state index in [4.69, 9.17) is 5.73 Å². The van der Waals surface area contributed by atoms with Gasteiger partial charge in [-0.05, 0) is 61.1 Å². The SMILES string of the molecule is NCC1(Cc2ccc(C3CC3)cc2)CC1. The van der Waals surface area contributed by atoms with Crippen LogP contribution in [0, 0.1) is 5.41 Å². The lowest BCUT2D eigenvalue weighted by Crippen LogP contribution is -2.17. The van der Waals surface area contributed by atoms with Gasteiger partial charge in [0.05, 0.1) is 0 Å². The van der Waals surface area contributed by atoms with Gasteiger partial charge in [0.25, 0.3) is 0 Å². The lowest BCUT2D eigenvalue weighted by molar-refractivity contribution is 0.521. The Hall–Kier alpha value is -0.820. The molecule has 1 heteroatoms. The van der Waals surface area contributed by atoms with Crippen molar-refractivity contribution in [2.24, 2.45) is 11.1 Å². The van der Waals surface area contributed by atoms with Crippen molar-refractivity contribution in [1.29, 1.82) is 0 Å². The first-order valence-electron chi connectivity index (χ1n) is 6.10. The third-order valence-corrected chi connectivity index (χ3v) is 4.00. The molecule has 2 aliphatic carbocycles. The molecule has 0 amide bonds. The van der Waals surface area contributed by atoms with Crippen LogP contribution in [0.5, 0.6) is 0 Å². The van der Waals surface area contributed by atoms with Gasteiger partial charge in [-0.1, -0.05) is 24.3 Å². The van der Waals surface area contributed by atoms with E-state index in [1.807, 2.05) is 0 Å². The van der Waals surface area contributed by atoms with Crippen LogP contribution in [0.3, 0.4) is 0 Å². The van der Waals surface area contributed by atoms with Crippen LogP contribution in [-0.2, 0) is 6.42 Å². The van der Waals surface area contributed by atoms with Crippen LogP contribution in [0.4, 0.5) is 0 Å². The third-order valence-electron chi connectivity index (χ3n) is 4.00. The summed E-state index contributed by atoms with van der Waals surface area (Å²) in [6, 6.07) is 9.26. The topological polar surface area (TPSA) is 26.0 Å². The quantitative estimate of drug-likeness (QED) is 0.796. The fourth-order valence-electron chi connectivity index (χ4n) is 2.39. The zero-order chi connectivity index (χ0) is 10.3. The number of benzene rings is 1. The predicted octanol–water partition coefficient (Wildman–Crippen LogP) is 2.85. The maximum atomic E-state index is 5.80. The van der Waals surface area contributed by atoms with Gasteiger partial charge in [0.1, 0.15) is 0 Å². The average molecular weight is 201 g/mol. The first kappa shape index (κ1) is 9.41. The lowest BCUT2D eigenvalue weighted by Gasteiger charge is -2.12. The summed E-state index contributed by atoms with van der Waals surface area (Å²) in [4.78, 5) is 0. The Morgan fingerprint density at radius 1 is 1.13 bits per heavy atom. The molecule has 0 atom stereocenters. The van der Waals surface area contributed by atoms with Crippen LogP contribution in [-0.4, -0.2) is 6.54 Å². The smallest absolute Gasteiger partial charge is 0.00173 e. The normalized spacial score (nSPS) is 22.7. The molecule has 0 unspecified atom stereocenters. The molecule has 15 heavy (non-hydrogen) atoms. The largest absolute Gasteiger partial charge is 0.330 e. The van der Waals surface area contributed by atoms with Crippen LogP contribution in [0.1, 0.15) is 42.7 Å². The van der Waals surface area contributed by atoms with Crippen molar-refractivity contribution in [3.63, 3.8) is 0 Å². The van der Waals surface area contributed by atoms with Gasteiger partial charge in [0.15, 0.2) is 0 Å². The molecule has 80 valence electrons. The molecule has 2 aliphatic rings. The number of hydrogen-bond donors (Lipinski definition) is 1. The standard InChI is InChI=1S/C14H19N/c15-10-14(7-8-14)9-11-1-3-12(4-2-11)13-5-6-13/h1-4,13H,5-10,15H2. The molecule has 0 spiro atoms. The minimum absolute atomic E-state index is 0.473. The van der Waals surface area contributed by atoms with E-state index in [0.717, 1.165) is 12.5 Å². The summed E-state index contributed by atoms with van der Waals surface area (Å²) in [5, 5.41) is 0. The number of hydrogen-bond acceptors (Lipinski definition) is 1. The van der Waals surface area contributed by atoms with Gasteiger partial charge in [-0.15, -0.1) is 0 Å². The van der Waals surface area contributed by atoms with Gasteiger partial charge in [-0.2, -0.15) is 0 Å². The predicted molar refractivity (Wildman–Crippen MR) is 62.8 cm³/mol. The Labute approximate surface area is 91.7 Å². The van der Waals surface area contributed by atoms with E-state index in [2.05, 4.69) is 24.3 Å². The van der Waals surface area contributed by atoms with E-state index in [0.29, 0.717) is 5.41 Å². The van der Waals surface area contributed by atoms with Crippen molar-refractivity contribution in [2.75, 3.05) is 6.54 Å². The van der Waals surface area contributed by atoms with Crippen LogP contribution in [0.15, 0.2) is 24.3 Å². The fourth-order valence-corrected chi connectivity index (χ4v) is 2.39. The van der Waals surface area contributed by atoms with Crippen molar-refractivity contribution in [3.05, 3.63) is 35.4 Å². The van der Waals surface area contributed by atoms with E-state index >= 15 is 0 Å². The monoisotopic (exact) mass is 201 g/mol. The molecule has 0 heterocycles. The van der Waals surface area contributed by atoms with Crippen LogP contribution in [0.2, 0.25) is 0 Å². The second-order valence-corrected chi connectivity index (χ2v) is 5.40. The average Bonchev–Trinajstić information content (AvgIpc) is 3.14.